The minimum atomic E-state index is -5.08. The van der Waals surface area contributed by atoms with Gasteiger partial charge in [-0.2, -0.15) is 13.2 Å². The molecule has 2 atom stereocenters. The van der Waals surface area contributed by atoms with Crippen LogP contribution in [-0.2, 0) is 9.53 Å². The number of piperidine rings is 1. The van der Waals surface area contributed by atoms with Crippen molar-refractivity contribution >= 4 is 11.9 Å². The summed E-state index contributed by atoms with van der Waals surface area (Å²) in [7, 11) is 0. The number of carbonyl (C=O) groups is 2. The number of halogens is 3. The maximum atomic E-state index is 12.7. The molecule has 1 amide bonds. The Morgan fingerprint density at radius 1 is 1.31 bits per heavy atom. The Morgan fingerprint density at radius 3 is 2.66 bits per heavy atom. The number of carboxylic acid groups (broad SMARTS) is 1. The molecular formula is C21H23F3N2O6. The number of aliphatic carboxylic acids is 1. The summed E-state index contributed by atoms with van der Waals surface area (Å²) in [5, 5.41) is 7.12. The van der Waals surface area contributed by atoms with E-state index in [0.717, 1.165) is 37.3 Å². The van der Waals surface area contributed by atoms with E-state index in [1.165, 1.54) is 0 Å². The first-order chi connectivity index (χ1) is 15.1. The zero-order chi connectivity index (χ0) is 23.4. The van der Waals surface area contributed by atoms with Gasteiger partial charge < -0.3 is 23.9 Å². The van der Waals surface area contributed by atoms with Crippen LogP contribution in [0.1, 0.15) is 35.6 Å². The van der Waals surface area contributed by atoms with Crippen LogP contribution in [0.3, 0.4) is 0 Å². The number of carboxylic acids is 1. The van der Waals surface area contributed by atoms with Crippen LogP contribution in [0.15, 0.2) is 41.1 Å². The highest BCUT2D eigenvalue weighted by Gasteiger charge is 2.45. The highest BCUT2D eigenvalue weighted by molar-refractivity contribution is 5.91. The van der Waals surface area contributed by atoms with Crippen LogP contribution in [0.25, 0.3) is 0 Å². The van der Waals surface area contributed by atoms with E-state index in [9.17, 15) is 18.0 Å². The number of alkyl halides is 3. The molecular weight excluding hydrogens is 433 g/mol. The van der Waals surface area contributed by atoms with Crippen LogP contribution in [0, 0.1) is 6.92 Å². The number of amides is 1. The molecule has 4 heterocycles. The van der Waals surface area contributed by atoms with Gasteiger partial charge in [-0.1, -0.05) is 0 Å². The number of likely N-dealkylation sites (tertiary alicyclic amines) is 1. The van der Waals surface area contributed by atoms with Crippen molar-refractivity contribution in [3.63, 3.8) is 0 Å². The highest BCUT2D eigenvalue weighted by Crippen LogP contribution is 2.36. The molecule has 2 unspecified atom stereocenters. The van der Waals surface area contributed by atoms with Crippen molar-refractivity contribution in [2.75, 3.05) is 19.7 Å². The Kier molecular flexibility index (Phi) is 7.07. The van der Waals surface area contributed by atoms with Gasteiger partial charge in [-0.15, -0.1) is 0 Å². The van der Waals surface area contributed by atoms with Gasteiger partial charge in [-0.25, -0.2) is 4.79 Å². The van der Waals surface area contributed by atoms with E-state index in [1.54, 1.807) is 18.5 Å². The molecule has 4 rings (SSSR count). The fraction of sp³-hybridized carbons (Fsp3) is 0.476. The molecule has 11 heteroatoms. The summed E-state index contributed by atoms with van der Waals surface area (Å²) >= 11 is 0. The Labute approximate surface area is 181 Å². The first-order valence-electron chi connectivity index (χ1n) is 9.94. The van der Waals surface area contributed by atoms with E-state index in [0.29, 0.717) is 18.9 Å². The summed E-state index contributed by atoms with van der Waals surface area (Å²) in [5.41, 5.74) is -0.317. The summed E-state index contributed by atoms with van der Waals surface area (Å²) in [6.45, 7) is 3.70. The van der Waals surface area contributed by atoms with Gasteiger partial charge in [0.15, 0.2) is 5.76 Å². The van der Waals surface area contributed by atoms with E-state index in [4.69, 9.17) is 23.8 Å². The lowest BCUT2D eigenvalue weighted by atomic mass is 9.89. The third kappa shape index (κ3) is 6.00. The van der Waals surface area contributed by atoms with Crippen molar-refractivity contribution in [3.05, 3.63) is 48.2 Å². The second kappa shape index (κ2) is 9.60. The van der Waals surface area contributed by atoms with Crippen molar-refractivity contribution in [3.8, 4) is 5.75 Å². The quantitative estimate of drug-likeness (QED) is 0.755. The maximum Gasteiger partial charge on any atom is 0.490 e. The third-order valence-corrected chi connectivity index (χ3v) is 5.13. The second-order valence-corrected chi connectivity index (χ2v) is 7.67. The predicted molar refractivity (Wildman–Crippen MR) is 104 cm³/mol. The number of hydrogen-bond donors (Lipinski definition) is 1. The molecule has 0 aromatic carbocycles. The largest absolute Gasteiger partial charge is 0.490 e. The topological polar surface area (TPSA) is 102 Å². The van der Waals surface area contributed by atoms with Gasteiger partial charge in [0.05, 0.1) is 24.9 Å². The van der Waals surface area contributed by atoms with Crippen LogP contribution < -0.4 is 4.74 Å². The fourth-order valence-corrected chi connectivity index (χ4v) is 3.75. The van der Waals surface area contributed by atoms with Crippen molar-refractivity contribution in [2.24, 2.45) is 0 Å². The monoisotopic (exact) mass is 456 g/mol. The average molecular weight is 456 g/mol. The molecule has 0 saturated carbocycles. The summed E-state index contributed by atoms with van der Waals surface area (Å²) in [6, 6.07) is 7.31. The molecule has 0 aliphatic carbocycles. The Bertz CT molecular complexity index is 933. The number of ether oxygens (including phenoxy) is 2. The lowest BCUT2D eigenvalue weighted by Crippen LogP contribution is -2.50. The molecule has 2 aromatic heterocycles. The van der Waals surface area contributed by atoms with E-state index < -0.39 is 12.1 Å². The van der Waals surface area contributed by atoms with Crippen molar-refractivity contribution in [1.82, 2.24) is 9.88 Å². The summed E-state index contributed by atoms with van der Waals surface area (Å²) in [6.07, 6.45) is 0.987. The third-order valence-electron chi connectivity index (χ3n) is 5.13. The molecule has 2 fully saturated rings. The molecule has 1 N–H and O–H groups in total. The lowest BCUT2D eigenvalue weighted by Gasteiger charge is -2.39. The molecule has 2 aliphatic heterocycles. The van der Waals surface area contributed by atoms with Gasteiger partial charge in [-0.3, -0.25) is 9.78 Å². The number of carbonyl (C=O) groups excluding carboxylic acids is 1. The average Bonchev–Trinajstić information content (AvgIpc) is 3.34. The van der Waals surface area contributed by atoms with E-state index in [1.807, 2.05) is 30.0 Å². The number of pyridine rings is 1. The summed E-state index contributed by atoms with van der Waals surface area (Å²) < 4.78 is 49.3. The van der Waals surface area contributed by atoms with Gasteiger partial charge in [0.2, 0.25) is 0 Å². The van der Waals surface area contributed by atoms with Crippen LogP contribution in [0.2, 0.25) is 0 Å². The zero-order valence-electron chi connectivity index (χ0n) is 17.3. The summed E-state index contributed by atoms with van der Waals surface area (Å²) in [4.78, 5) is 27.5. The molecule has 0 bridgehead atoms. The Balaban J connectivity index is 0.000000360. The maximum absolute atomic E-state index is 12.7. The lowest BCUT2D eigenvalue weighted by molar-refractivity contribution is -0.192. The number of nitrogens with zero attached hydrogens (tertiary/aromatic N) is 2. The molecule has 1 spiro atoms. The van der Waals surface area contributed by atoms with E-state index in [2.05, 4.69) is 4.98 Å². The van der Waals surface area contributed by atoms with Gasteiger partial charge >= 0.3 is 12.1 Å². The van der Waals surface area contributed by atoms with Gasteiger partial charge in [0, 0.05) is 19.2 Å². The van der Waals surface area contributed by atoms with E-state index in [-0.39, 0.29) is 17.6 Å². The van der Waals surface area contributed by atoms with Crippen molar-refractivity contribution in [2.45, 2.75) is 44.1 Å². The number of aryl methyl sites for hydroxylation is 1. The first kappa shape index (κ1) is 23.6. The SMILES string of the molecule is Cc1ccc(C(=O)N2CCCC3(CC(Oc4cccnc4)CO3)C2)o1.O=C(O)C(F)(F)F. The fourth-order valence-electron chi connectivity index (χ4n) is 3.75. The van der Waals surface area contributed by atoms with Crippen molar-refractivity contribution in [1.29, 1.82) is 0 Å². The van der Waals surface area contributed by atoms with Gasteiger partial charge in [-0.05, 0) is 44.0 Å². The Hall–Kier alpha value is -3.08. The molecule has 2 saturated heterocycles. The highest BCUT2D eigenvalue weighted by atomic mass is 19.4. The normalized spacial score (nSPS) is 22.9. The van der Waals surface area contributed by atoms with E-state index >= 15 is 0 Å². The second-order valence-electron chi connectivity index (χ2n) is 7.67. The van der Waals surface area contributed by atoms with Gasteiger partial charge in [0.1, 0.15) is 17.6 Å². The summed E-state index contributed by atoms with van der Waals surface area (Å²) in [5.74, 6) is -0.921. The molecule has 174 valence electrons. The molecule has 2 aromatic rings. The molecule has 32 heavy (non-hydrogen) atoms. The van der Waals surface area contributed by atoms with Crippen LogP contribution in [0.5, 0.6) is 5.75 Å². The van der Waals surface area contributed by atoms with Gasteiger partial charge in [0.25, 0.3) is 5.91 Å². The zero-order valence-corrected chi connectivity index (χ0v) is 17.3. The Morgan fingerprint density at radius 2 is 2.06 bits per heavy atom. The van der Waals surface area contributed by atoms with Crippen molar-refractivity contribution < 1.29 is 41.8 Å². The molecule has 0 radical (unpaired) electrons. The number of aromatic nitrogens is 1. The predicted octanol–water partition coefficient (Wildman–Crippen LogP) is 3.46. The minimum absolute atomic E-state index is 0.00916. The minimum Gasteiger partial charge on any atom is -0.486 e. The van der Waals surface area contributed by atoms with Crippen LogP contribution >= 0.6 is 0 Å². The first-order valence-corrected chi connectivity index (χ1v) is 9.94. The number of hydrogen-bond acceptors (Lipinski definition) is 6. The smallest absolute Gasteiger partial charge is 0.486 e. The van der Waals surface area contributed by atoms with Crippen LogP contribution in [0.4, 0.5) is 13.2 Å². The molecule has 2 aliphatic rings. The standard InChI is InChI=1S/C19H22N2O4.C2HF3O2/c1-14-5-6-17(24-14)18(22)21-9-3-7-19(13-21)10-16(12-23-19)25-15-4-2-8-20-11-15;3-2(4,5)1(6)7/h2,4-6,8,11,16H,3,7,9-10,12-13H2,1H3;(H,6,7). The molecule has 8 nitrogen and oxygen atoms in total. The number of furan rings is 1. The number of rotatable bonds is 3. The van der Waals surface area contributed by atoms with Crippen LogP contribution in [-0.4, -0.2) is 64.4 Å².